The summed E-state index contributed by atoms with van der Waals surface area (Å²) in [5.74, 6) is -1.59. The number of carbonyl (C=O) groups excluding carboxylic acids is 2. The van der Waals surface area contributed by atoms with Gasteiger partial charge >= 0.3 is 5.97 Å². The van der Waals surface area contributed by atoms with Crippen LogP contribution < -0.4 is 5.32 Å². The predicted molar refractivity (Wildman–Crippen MR) is 106 cm³/mol. The Morgan fingerprint density at radius 2 is 2.00 bits per heavy atom. The van der Waals surface area contributed by atoms with E-state index in [1.807, 2.05) is 0 Å². The Labute approximate surface area is 172 Å². The zero-order valence-corrected chi connectivity index (χ0v) is 17.3. The number of thiophene rings is 1. The molecule has 2 heterocycles. The number of amides is 1. The van der Waals surface area contributed by atoms with E-state index in [4.69, 9.17) is 0 Å². The first-order valence-corrected chi connectivity index (χ1v) is 11.0. The van der Waals surface area contributed by atoms with E-state index in [-0.39, 0.29) is 30.2 Å². The second-order valence-electron chi connectivity index (χ2n) is 6.36. The van der Waals surface area contributed by atoms with Crippen molar-refractivity contribution in [3.63, 3.8) is 0 Å². The summed E-state index contributed by atoms with van der Waals surface area (Å²) in [5, 5.41) is 4.18. The largest absolute Gasteiger partial charge is 0.465 e. The van der Waals surface area contributed by atoms with Crippen LogP contribution >= 0.6 is 11.3 Å². The third-order valence-electron chi connectivity index (χ3n) is 4.35. The number of methoxy groups -OCH3 is 1. The molecule has 0 unspecified atom stereocenters. The van der Waals surface area contributed by atoms with Crippen LogP contribution in [0.25, 0.3) is 0 Å². The van der Waals surface area contributed by atoms with Gasteiger partial charge in [0.15, 0.2) is 0 Å². The number of nitrogens with zero attached hydrogens (tertiary/aromatic N) is 2. The second kappa shape index (κ2) is 8.99. The van der Waals surface area contributed by atoms with Crippen LogP contribution in [-0.2, 0) is 26.3 Å². The van der Waals surface area contributed by atoms with Crippen molar-refractivity contribution in [1.82, 2.24) is 8.61 Å². The third kappa shape index (κ3) is 4.99. The summed E-state index contributed by atoms with van der Waals surface area (Å²) in [6.45, 7) is 0.116. The molecule has 1 aromatic carbocycles. The number of halogens is 1. The number of ether oxygens (including phenoxy) is 1. The zero-order chi connectivity index (χ0) is 21.0. The number of anilines is 1. The molecule has 1 amide bonds. The molecule has 2 aromatic rings. The van der Waals surface area contributed by atoms with Gasteiger partial charge in [-0.3, -0.25) is 4.79 Å². The summed E-state index contributed by atoms with van der Waals surface area (Å²) in [7, 11) is -2.65. The number of benzene rings is 1. The topological polar surface area (TPSA) is 96.0 Å². The van der Waals surface area contributed by atoms with Crippen molar-refractivity contribution in [2.45, 2.75) is 13.0 Å². The van der Waals surface area contributed by atoms with Gasteiger partial charge in [-0.25, -0.2) is 9.18 Å². The minimum atomic E-state index is -3.89. The van der Waals surface area contributed by atoms with Crippen LogP contribution in [0.5, 0.6) is 0 Å². The van der Waals surface area contributed by atoms with Gasteiger partial charge in [0.1, 0.15) is 10.7 Å². The van der Waals surface area contributed by atoms with E-state index in [9.17, 15) is 22.4 Å². The fourth-order valence-electron chi connectivity index (χ4n) is 2.99. The number of hydrogen-bond acceptors (Lipinski definition) is 6. The Bertz CT molecular complexity index is 1010. The quantitative estimate of drug-likeness (QED) is 0.693. The van der Waals surface area contributed by atoms with Gasteiger partial charge < -0.3 is 10.1 Å². The van der Waals surface area contributed by atoms with E-state index in [2.05, 4.69) is 10.1 Å². The lowest BCUT2D eigenvalue weighted by atomic mass is 10.2. The first kappa shape index (κ1) is 21.4. The van der Waals surface area contributed by atoms with E-state index in [0.29, 0.717) is 12.0 Å². The molecule has 0 radical (unpaired) electrons. The molecule has 0 saturated carbocycles. The van der Waals surface area contributed by atoms with E-state index >= 15 is 0 Å². The molecule has 1 aliphatic rings. The lowest BCUT2D eigenvalue weighted by Crippen LogP contribution is -2.51. The van der Waals surface area contributed by atoms with Crippen molar-refractivity contribution in [1.29, 1.82) is 0 Å². The highest BCUT2D eigenvalue weighted by Crippen LogP contribution is 2.24. The van der Waals surface area contributed by atoms with Gasteiger partial charge in [-0.05, 0) is 35.6 Å². The molecule has 1 aliphatic heterocycles. The smallest absolute Gasteiger partial charge is 0.350 e. The first-order valence-electron chi connectivity index (χ1n) is 8.76. The summed E-state index contributed by atoms with van der Waals surface area (Å²) >= 11 is 1.11. The van der Waals surface area contributed by atoms with Gasteiger partial charge in [0.05, 0.1) is 19.3 Å². The molecule has 156 valence electrons. The monoisotopic (exact) mass is 441 g/mol. The Balaban J connectivity index is 1.68. The molecule has 3 rings (SSSR count). The van der Waals surface area contributed by atoms with E-state index in [1.165, 1.54) is 29.6 Å². The summed E-state index contributed by atoms with van der Waals surface area (Å²) in [6, 6.07) is 7.29. The van der Waals surface area contributed by atoms with E-state index in [0.717, 1.165) is 15.6 Å². The van der Waals surface area contributed by atoms with Crippen LogP contribution in [0, 0.1) is 5.82 Å². The Kier molecular flexibility index (Phi) is 6.63. The standard InChI is InChI=1S/C18H20FN3O5S2/c1-27-18(24)17-15(6-9-28-17)20-16(23)12-22-8-3-7-21(29(22,25)26)11-13-4-2-5-14(19)10-13/h2,4-6,9-10H,3,7-8,11-12H2,1H3,(H,20,23). The van der Waals surface area contributed by atoms with Gasteiger partial charge in [0.25, 0.3) is 10.2 Å². The molecule has 0 aliphatic carbocycles. The van der Waals surface area contributed by atoms with Gasteiger partial charge in [0, 0.05) is 19.6 Å². The highest BCUT2D eigenvalue weighted by molar-refractivity contribution is 7.86. The van der Waals surface area contributed by atoms with Gasteiger partial charge in [-0.1, -0.05) is 12.1 Å². The van der Waals surface area contributed by atoms with Crippen molar-refractivity contribution in [3.05, 3.63) is 52.0 Å². The SMILES string of the molecule is COC(=O)c1sccc1NC(=O)CN1CCCN(Cc2cccc(F)c2)S1(=O)=O. The minimum Gasteiger partial charge on any atom is -0.465 e. The first-order chi connectivity index (χ1) is 13.8. The average Bonchev–Trinajstić information content (AvgIpc) is 3.12. The number of rotatable bonds is 6. The minimum absolute atomic E-state index is 0.0230. The number of nitrogens with one attached hydrogen (secondary N) is 1. The van der Waals surface area contributed by atoms with Gasteiger partial charge in [-0.15, -0.1) is 11.3 Å². The van der Waals surface area contributed by atoms with Crippen molar-refractivity contribution in [3.8, 4) is 0 Å². The Hall–Kier alpha value is -2.34. The van der Waals surface area contributed by atoms with Crippen LogP contribution in [0.1, 0.15) is 21.7 Å². The van der Waals surface area contributed by atoms with Crippen molar-refractivity contribution in [2.24, 2.45) is 0 Å². The molecule has 0 bridgehead atoms. The summed E-state index contributed by atoms with van der Waals surface area (Å²) in [5.41, 5.74) is 0.804. The van der Waals surface area contributed by atoms with Crippen LogP contribution in [0.2, 0.25) is 0 Å². The van der Waals surface area contributed by atoms with E-state index < -0.39 is 34.4 Å². The lowest BCUT2D eigenvalue weighted by molar-refractivity contribution is -0.116. The van der Waals surface area contributed by atoms with Crippen LogP contribution in [0.15, 0.2) is 35.7 Å². The van der Waals surface area contributed by atoms with Crippen molar-refractivity contribution >= 4 is 39.1 Å². The molecule has 0 spiro atoms. The number of carbonyl (C=O) groups is 2. The maximum Gasteiger partial charge on any atom is 0.350 e. The van der Waals surface area contributed by atoms with Crippen molar-refractivity contribution < 1.29 is 27.1 Å². The summed E-state index contributed by atoms with van der Waals surface area (Å²) in [4.78, 5) is 24.3. The molecular weight excluding hydrogens is 421 g/mol. The summed E-state index contributed by atoms with van der Waals surface area (Å²) in [6.07, 6.45) is 0.535. The predicted octanol–water partition coefficient (Wildman–Crippen LogP) is 2.07. The molecule has 11 heteroatoms. The van der Waals surface area contributed by atoms with Gasteiger partial charge in [0.2, 0.25) is 5.91 Å². The molecule has 1 aromatic heterocycles. The molecule has 1 fully saturated rings. The maximum absolute atomic E-state index is 13.4. The Morgan fingerprint density at radius 3 is 2.72 bits per heavy atom. The fraction of sp³-hybridized carbons (Fsp3) is 0.333. The molecule has 1 N–H and O–H groups in total. The average molecular weight is 442 g/mol. The summed E-state index contributed by atoms with van der Waals surface area (Å²) < 4.78 is 46.1. The molecule has 29 heavy (non-hydrogen) atoms. The lowest BCUT2D eigenvalue weighted by Gasteiger charge is -2.34. The Morgan fingerprint density at radius 1 is 1.24 bits per heavy atom. The van der Waals surface area contributed by atoms with Crippen LogP contribution in [-0.4, -0.2) is 55.6 Å². The molecular formula is C18H20FN3O5S2. The third-order valence-corrected chi connectivity index (χ3v) is 7.17. The van der Waals surface area contributed by atoms with Crippen LogP contribution in [0.4, 0.5) is 10.1 Å². The highest BCUT2D eigenvalue weighted by atomic mass is 32.2. The normalized spacial score (nSPS) is 17.0. The number of hydrogen-bond donors (Lipinski definition) is 1. The molecule has 8 nitrogen and oxygen atoms in total. The number of esters is 1. The molecule has 1 saturated heterocycles. The zero-order valence-electron chi connectivity index (χ0n) is 15.6. The van der Waals surface area contributed by atoms with Gasteiger partial charge in [-0.2, -0.15) is 17.0 Å². The van der Waals surface area contributed by atoms with Crippen molar-refractivity contribution in [2.75, 3.05) is 32.1 Å². The van der Waals surface area contributed by atoms with Crippen LogP contribution in [0.3, 0.4) is 0 Å². The second-order valence-corrected chi connectivity index (χ2v) is 9.21. The molecule has 0 atom stereocenters. The maximum atomic E-state index is 13.4. The highest BCUT2D eigenvalue weighted by Gasteiger charge is 2.35. The van der Waals surface area contributed by atoms with E-state index in [1.54, 1.807) is 17.5 Å². The fourth-order valence-corrected chi connectivity index (χ4v) is 5.39.